The van der Waals surface area contributed by atoms with E-state index >= 15 is 0 Å². The van der Waals surface area contributed by atoms with E-state index in [2.05, 4.69) is 21.1 Å². The summed E-state index contributed by atoms with van der Waals surface area (Å²) in [5.41, 5.74) is 5.82. The third kappa shape index (κ3) is 6.38. The Morgan fingerprint density at radius 2 is 1.88 bits per heavy atom. The minimum Gasteiger partial charge on any atom is -0.373 e. The molecule has 132 valence electrons. The first-order valence-electron chi connectivity index (χ1n) is 7.91. The topological polar surface area (TPSA) is 65.6 Å². The van der Waals surface area contributed by atoms with Gasteiger partial charge in [0.1, 0.15) is 5.82 Å². The summed E-state index contributed by atoms with van der Waals surface area (Å²) in [7, 11) is 0. The van der Waals surface area contributed by atoms with Gasteiger partial charge in [-0.1, -0.05) is 0 Å². The van der Waals surface area contributed by atoms with E-state index in [-0.39, 0.29) is 29.0 Å². The highest BCUT2D eigenvalue weighted by Gasteiger charge is 2.22. The second-order valence-corrected chi connectivity index (χ2v) is 6.31. The van der Waals surface area contributed by atoms with Crippen molar-refractivity contribution in [3.63, 3.8) is 0 Å². The molecule has 24 heavy (non-hydrogen) atoms. The van der Waals surface area contributed by atoms with Crippen molar-refractivity contribution in [2.45, 2.75) is 32.5 Å². The van der Waals surface area contributed by atoms with Gasteiger partial charge >= 0.3 is 0 Å². The van der Waals surface area contributed by atoms with Crippen LogP contribution >= 0.6 is 12.2 Å². The highest BCUT2D eigenvalue weighted by Crippen LogP contribution is 2.10. The Bertz CT molecular complexity index is 560. The predicted octanol–water partition coefficient (Wildman–Crippen LogP) is 1.64. The molecule has 6 nitrogen and oxygen atoms in total. The minimum atomic E-state index is -0.320. The number of ether oxygens (including phenoxy) is 1. The smallest absolute Gasteiger partial charge is 0.239 e. The van der Waals surface area contributed by atoms with Crippen molar-refractivity contribution in [2.24, 2.45) is 0 Å². The fourth-order valence-electron chi connectivity index (χ4n) is 2.61. The van der Waals surface area contributed by atoms with Crippen molar-refractivity contribution in [1.82, 2.24) is 15.8 Å². The van der Waals surface area contributed by atoms with Crippen LogP contribution in [0.25, 0.3) is 0 Å². The lowest BCUT2D eigenvalue weighted by molar-refractivity contribution is -0.123. The number of morpholine rings is 1. The Kier molecular flexibility index (Phi) is 6.89. The first-order chi connectivity index (χ1) is 11.4. The summed E-state index contributed by atoms with van der Waals surface area (Å²) in [6.45, 7) is 6.39. The van der Waals surface area contributed by atoms with E-state index in [1.54, 1.807) is 12.1 Å². The van der Waals surface area contributed by atoms with Crippen molar-refractivity contribution in [1.29, 1.82) is 0 Å². The minimum absolute atomic E-state index is 0.148. The highest BCUT2D eigenvalue weighted by molar-refractivity contribution is 7.80. The van der Waals surface area contributed by atoms with E-state index in [4.69, 9.17) is 17.0 Å². The van der Waals surface area contributed by atoms with Crippen LogP contribution in [0.15, 0.2) is 24.3 Å². The Morgan fingerprint density at radius 3 is 2.50 bits per heavy atom. The molecule has 2 atom stereocenters. The zero-order valence-corrected chi connectivity index (χ0v) is 14.7. The maximum absolute atomic E-state index is 12.8. The normalized spacial score (nSPS) is 21.1. The van der Waals surface area contributed by atoms with Crippen LogP contribution in [0.5, 0.6) is 0 Å². The first kappa shape index (κ1) is 18.6. The molecule has 8 heteroatoms. The molecule has 1 heterocycles. The lowest BCUT2D eigenvalue weighted by Gasteiger charge is -2.35. The van der Waals surface area contributed by atoms with Crippen LogP contribution in [0.4, 0.5) is 10.1 Å². The van der Waals surface area contributed by atoms with Crippen LogP contribution in [0.1, 0.15) is 20.3 Å². The number of rotatable bonds is 4. The lowest BCUT2D eigenvalue weighted by atomic mass is 10.2. The maximum atomic E-state index is 12.8. The average Bonchev–Trinajstić information content (AvgIpc) is 2.52. The van der Waals surface area contributed by atoms with E-state index in [9.17, 15) is 9.18 Å². The number of hydrogen-bond donors (Lipinski definition) is 3. The number of anilines is 1. The Hall–Kier alpha value is -1.77. The van der Waals surface area contributed by atoms with Crippen LogP contribution in [-0.2, 0) is 9.53 Å². The van der Waals surface area contributed by atoms with Crippen molar-refractivity contribution in [3.05, 3.63) is 30.1 Å². The molecule has 0 bridgehead atoms. The molecule has 0 radical (unpaired) electrons. The van der Waals surface area contributed by atoms with E-state index < -0.39 is 0 Å². The number of hydrogen-bond acceptors (Lipinski definition) is 4. The van der Waals surface area contributed by atoms with E-state index in [0.717, 1.165) is 13.1 Å². The van der Waals surface area contributed by atoms with Gasteiger partial charge in [0, 0.05) is 31.7 Å². The monoisotopic (exact) mass is 354 g/mol. The van der Waals surface area contributed by atoms with Crippen LogP contribution in [0.2, 0.25) is 0 Å². The second kappa shape index (κ2) is 8.91. The number of halogens is 1. The number of thiocarbonyl (C=S) groups is 1. The Morgan fingerprint density at radius 1 is 1.25 bits per heavy atom. The number of nitrogens with one attached hydrogen (secondary N) is 3. The van der Waals surface area contributed by atoms with E-state index in [0.29, 0.717) is 18.7 Å². The zero-order chi connectivity index (χ0) is 17.5. The van der Waals surface area contributed by atoms with Gasteiger partial charge in [0.2, 0.25) is 5.91 Å². The molecule has 0 aromatic heterocycles. The number of carbonyl (C=O) groups is 1. The third-order valence-corrected chi connectivity index (χ3v) is 3.77. The quantitative estimate of drug-likeness (QED) is 0.564. The summed E-state index contributed by atoms with van der Waals surface area (Å²) in [4.78, 5) is 14.1. The molecule has 3 N–H and O–H groups in total. The standard InChI is InChI=1S/C16H23FN4O2S/c1-11-9-21(10-12(2)23-11)8-7-15(22)19-20-16(24)18-14-5-3-13(17)4-6-14/h3-6,11-12H,7-10H2,1-2H3,(H,19,22)(H2,18,20,24)/t11-,12-/m0/s1. The molecule has 1 saturated heterocycles. The SMILES string of the molecule is C[C@H]1CN(CCC(=O)NNC(=S)Nc2ccc(F)cc2)C[C@H](C)O1. The molecule has 1 fully saturated rings. The molecule has 1 amide bonds. The Labute approximate surface area is 146 Å². The number of nitrogens with zero attached hydrogens (tertiary/aromatic N) is 1. The van der Waals surface area contributed by atoms with Gasteiger partial charge in [-0.3, -0.25) is 20.5 Å². The van der Waals surface area contributed by atoms with Gasteiger partial charge in [0.15, 0.2) is 5.11 Å². The molecule has 0 aliphatic carbocycles. The average molecular weight is 354 g/mol. The van der Waals surface area contributed by atoms with Crippen LogP contribution in [0, 0.1) is 5.82 Å². The molecular formula is C16H23FN4O2S. The van der Waals surface area contributed by atoms with E-state index in [1.807, 2.05) is 13.8 Å². The van der Waals surface area contributed by atoms with E-state index in [1.165, 1.54) is 12.1 Å². The van der Waals surface area contributed by atoms with Crippen molar-refractivity contribution >= 4 is 28.9 Å². The first-order valence-corrected chi connectivity index (χ1v) is 8.32. The number of carbonyl (C=O) groups excluding carboxylic acids is 1. The molecule has 0 saturated carbocycles. The summed E-state index contributed by atoms with van der Waals surface area (Å²) >= 11 is 5.07. The second-order valence-electron chi connectivity index (χ2n) is 5.90. The fourth-order valence-corrected chi connectivity index (χ4v) is 2.78. The predicted molar refractivity (Wildman–Crippen MR) is 95.0 cm³/mol. The molecule has 1 aromatic rings. The van der Waals surface area contributed by atoms with Gasteiger partial charge in [-0.25, -0.2) is 4.39 Å². The largest absolute Gasteiger partial charge is 0.373 e. The summed E-state index contributed by atoms with van der Waals surface area (Å²) in [6.07, 6.45) is 0.732. The summed E-state index contributed by atoms with van der Waals surface area (Å²) in [5, 5.41) is 3.09. The molecule has 0 unspecified atom stereocenters. The maximum Gasteiger partial charge on any atom is 0.239 e. The third-order valence-electron chi connectivity index (χ3n) is 3.57. The van der Waals surface area contributed by atoms with Gasteiger partial charge in [-0.15, -0.1) is 0 Å². The van der Waals surface area contributed by atoms with Gasteiger partial charge in [0.25, 0.3) is 0 Å². The summed E-state index contributed by atoms with van der Waals surface area (Å²) < 4.78 is 18.5. The Balaban J connectivity index is 1.65. The van der Waals surface area contributed by atoms with Crippen molar-refractivity contribution in [2.75, 3.05) is 25.0 Å². The molecular weight excluding hydrogens is 331 g/mol. The van der Waals surface area contributed by atoms with Gasteiger partial charge in [-0.05, 0) is 50.3 Å². The molecule has 1 aromatic carbocycles. The van der Waals surface area contributed by atoms with Gasteiger partial charge < -0.3 is 10.1 Å². The summed E-state index contributed by atoms with van der Waals surface area (Å²) in [6, 6.07) is 5.78. The van der Waals surface area contributed by atoms with Crippen LogP contribution in [0.3, 0.4) is 0 Å². The number of benzene rings is 1. The summed E-state index contributed by atoms with van der Waals surface area (Å²) in [5.74, 6) is -0.468. The number of amides is 1. The fraction of sp³-hybridized carbons (Fsp3) is 0.500. The molecule has 1 aliphatic heterocycles. The number of hydrazine groups is 1. The molecule has 1 aliphatic rings. The van der Waals surface area contributed by atoms with Gasteiger partial charge in [-0.2, -0.15) is 0 Å². The van der Waals surface area contributed by atoms with Crippen LogP contribution in [-0.4, -0.2) is 47.8 Å². The zero-order valence-electron chi connectivity index (χ0n) is 13.8. The highest BCUT2D eigenvalue weighted by atomic mass is 32.1. The van der Waals surface area contributed by atoms with Crippen LogP contribution < -0.4 is 16.2 Å². The van der Waals surface area contributed by atoms with Crippen molar-refractivity contribution in [3.8, 4) is 0 Å². The molecule has 2 rings (SSSR count). The van der Waals surface area contributed by atoms with Crippen molar-refractivity contribution < 1.29 is 13.9 Å². The lowest BCUT2D eigenvalue weighted by Crippen LogP contribution is -2.48. The molecule has 0 spiro atoms. The van der Waals surface area contributed by atoms with Gasteiger partial charge in [0.05, 0.1) is 12.2 Å².